The van der Waals surface area contributed by atoms with Crippen molar-refractivity contribution in [3.05, 3.63) is 76.3 Å². The van der Waals surface area contributed by atoms with Gasteiger partial charge in [0.05, 0.1) is 12.6 Å². The molecule has 0 saturated carbocycles. The van der Waals surface area contributed by atoms with Gasteiger partial charge < -0.3 is 14.6 Å². The number of methoxy groups -OCH3 is 1. The molecular formula is C19H17FN2O3. The number of halogens is 1. The molecule has 0 fully saturated rings. The number of benzene rings is 2. The summed E-state index contributed by atoms with van der Waals surface area (Å²) in [4.78, 5) is 24.1. The van der Waals surface area contributed by atoms with Crippen LogP contribution in [0, 0.1) is 5.82 Å². The van der Waals surface area contributed by atoms with Crippen molar-refractivity contribution >= 4 is 16.8 Å². The summed E-state index contributed by atoms with van der Waals surface area (Å²) in [6.45, 7) is 0.354. The third-order valence-corrected chi connectivity index (χ3v) is 3.92. The number of amides is 1. The molecule has 3 aromatic rings. The molecule has 0 saturated heterocycles. The van der Waals surface area contributed by atoms with Gasteiger partial charge in [-0.1, -0.05) is 18.2 Å². The molecule has 128 valence electrons. The highest BCUT2D eigenvalue weighted by molar-refractivity contribution is 5.82. The molecule has 3 rings (SSSR count). The first-order chi connectivity index (χ1) is 12.1. The molecule has 0 aliphatic heterocycles. The van der Waals surface area contributed by atoms with Gasteiger partial charge in [0.25, 0.3) is 0 Å². The molecule has 6 heteroatoms. The largest absolute Gasteiger partial charge is 0.496 e. The van der Waals surface area contributed by atoms with Gasteiger partial charge in [-0.2, -0.15) is 0 Å². The van der Waals surface area contributed by atoms with E-state index in [1.54, 1.807) is 11.7 Å². The lowest BCUT2D eigenvalue weighted by Crippen LogP contribution is -2.27. The first-order valence-corrected chi connectivity index (χ1v) is 7.76. The Kier molecular flexibility index (Phi) is 4.79. The van der Waals surface area contributed by atoms with Crippen molar-refractivity contribution in [3.63, 3.8) is 0 Å². The first-order valence-electron chi connectivity index (χ1n) is 7.76. The monoisotopic (exact) mass is 340 g/mol. The Morgan fingerprint density at radius 2 is 2.00 bits per heavy atom. The van der Waals surface area contributed by atoms with Crippen LogP contribution >= 0.6 is 0 Å². The standard InChI is InChI=1S/C19H17FN2O3/c1-25-18-5-3-2-4-13(18)11-21-19(24)12-22-9-8-17(23)15-10-14(20)6-7-16(15)22/h2-10H,11-12H2,1H3,(H,21,24). The van der Waals surface area contributed by atoms with E-state index in [2.05, 4.69) is 5.32 Å². The van der Waals surface area contributed by atoms with E-state index >= 15 is 0 Å². The quantitative estimate of drug-likeness (QED) is 0.776. The second-order valence-electron chi connectivity index (χ2n) is 5.56. The molecule has 5 nitrogen and oxygen atoms in total. The summed E-state index contributed by atoms with van der Waals surface area (Å²) >= 11 is 0. The number of ether oxygens (including phenoxy) is 1. The van der Waals surface area contributed by atoms with Gasteiger partial charge in [-0.25, -0.2) is 4.39 Å². The van der Waals surface area contributed by atoms with Crippen LogP contribution in [-0.4, -0.2) is 17.6 Å². The molecule has 0 aliphatic carbocycles. The number of pyridine rings is 1. The summed E-state index contributed by atoms with van der Waals surface area (Å²) in [6, 6.07) is 12.7. The zero-order valence-electron chi connectivity index (χ0n) is 13.7. The molecule has 1 heterocycles. The van der Waals surface area contributed by atoms with E-state index < -0.39 is 5.82 Å². The topological polar surface area (TPSA) is 60.3 Å². The summed E-state index contributed by atoms with van der Waals surface area (Å²) in [7, 11) is 1.58. The minimum atomic E-state index is -0.483. The predicted molar refractivity (Wildman–Crippen MR) is 93.0 cm³/mol. The minimum Gasteiger partial charge on any atom is -0.496 e. The fourth-order valence-electron chi connectivity index (χ4n) is 2.68. The molecule has 25 heavy (non-hydrogen) atoms. The van der Waals surface area contributed by atoms with Crippen molar-refractivity contribution < 1.29 is 13.9 Å². The lowest BCUT2D eigenvalue weighted by atomic mass is 10.2. The second kappa shape index (κ2) is 7.17. The van der Waals surface area contributed by atoms with E-state index in [9.17, 15) is 14.0 Å². The zero-order chi connectivity index (χ0) is 17.8. The molecule has 0 aliphatic rings. The van der Waals surface area contributed by atoms with Crippen LogP contribution in [0.2, 0.25) is 0 Å². The van der Waals surface area contributed by atoms with E-state index in [1.807, 2.05) is 24.3 Å². The summed E-state index contributed by atoms with van der Waals surface area (Å²) < 4.78 is 20.2. The van der Waals surface area contributed by atoms with Crippen LogP contribution in [0.1, 0.15) is 5.56 Å². The maximum Gasteiger partial charge on any atom is 0.240 e. The van der Waals surface area contributed by atoms with Gasteiger partial charge in [0, 0.05) is 29.8 Å². The molecule has 0 atom stereocenters. The van der Waals surface area contributed by atoms with Crippen molar-refractivity contribution in [3.8, 4) is 5.75 Å². The highest BCUT2D eigenvalue weighted by atomic mass is 19.1. The SMILES string of the molecule is COc1ccccc1CNC(=O)Cn1ccc(=O)c2cc(F)ccc21. The molecule has 0 unspecified atom stereocenters. The molecule has 2 aromatic carbocycles. The summed E-state index contributed by atoms with van der Waals surface area (Å²) in [5.41, 5.74) is 1.10. The van der Waals surface area contributed by atoms with Crippen molar-refractivity contribution in [1.82, 2.24) is 9.88 Å². The number of rotatable bonds is 5. The maximum atomic E-state index is 13.4. The van der Waals surface area contributed by atoms with Gasteiger partial charge in [-0.05, 0) is 24.3 Å². The van der Waals surface area contributed by atoms with Crippen molar-refractivity contribution in [2.24, 2.45) is 0 Å². The summed E-state index contributed by atoms with van der Waals surface area (Å²) in [6.07, 6.45) is 1.53. The fourth-order valence-corrected chi connectivity index (χ4v) is 2.68. The Labute approximate surface area is 143 Å². The average molecular weight is 340 g/mol. The number of aromatic nitrogens is 1. The Hall–Kier alpha value is -3.15. The lowest BCUT2D eigenvalue weighted by Gasteiger charge is -2.12. The molecule has 0 spiro atoms. The van der Waals surface area contributed by atoms with Crippen LogP contribution in [0.5, 0.6) is 5.75 Å². The Balaban J connectivity index is 1.76. The number of hydrogen-bond acceptors (Lipinski definition) is 3. The molecule has 1 N–H and O–H groups in total. The van der Waals surface area contributed by atoms with Gasteiger partial charge in [-0.3, -0.25) is 9.59 Å². The highest BCUT2D eigenvalue weighted by Crippen LogP contribution is 2.17. The normalized spacial score (nSPS) is 10.6. The molecule has 1 amide bonds. The van der Waals surface area contributed by atoms with E-state index in [-0.39, 0.29) is 23.3 Å². The van der Waals surface area contributed by atoms with E-state index in [1.165, 1.54) is 30.5 Å². The van der Waals surface area contributed by atoms with Gasteiger partial charge in [0.2, 0.25) is 5.91 Å². The molecule has 1 aromatic heterocycles. The summed E-state index contributed by atoms with van der Waals surface area (Å²) in [5.74, 6) is -0.00441. The number of nitrogens with one attached hydrogen (secondary N) is 1. The number of carbonyl (C=O) groups excluding carboxylic acids is 1. The minimum absolute atomic E-state index is 0.0254. The smallest absolute Gasteiger partial charge is 0.240 e. The third-order valence-electron chi connectivity index (χ3n) is 3.92. The van der Waals surface area contributed by atoms with E-state index in [0.29, 0.717) is 17.8 Å². The Morgan fingerprint density at radius 3 is 2.80 bits per heavy atom. The van der Waals surface area contributed by atoms with Crippen LogP contribution in [0.4, 0.5) is 4.39 Å². The van der Waals surface area contributed by atoms with Crippen LogP contribution < -0.4 is 15.5 Å². The zero-order valence-corrected chi connectivity index (χ0v) is 13.7. The number of hydrogen-bond donors (Lipinski definition) is 1. The Bertz CT molecular complexity index is 982. The van der Waals surface area contributed by atoms with Gasteiger partial charge >= 0.3 is 0 Å². The van der Waals surface area contributed by atoms with Crippen LogP contribution in [0.15, 0.2) is 59.5 Å². The van der Waals surface area contributed by atoms with Crippen LogP contribution in [-0.2, 0) is 17.9 Å². The molecule has 0 bridgehead atoms. The fraction of sp³-hybridized carbons (Fsp3) is 0.158. The number of nitrogens with zero attached hydrogens (tertiary/aromatic N) is 1. The number of fused-ring (bicyclic) bond motifs is 1. The Morgan fingerprint density at radius 1 is 1.20 bits per heavy atom. The first kappa shape index (κ1) is 16.7. The van der Waals surface area contributed by atoms with Crippen molar-refractivity contribution in [1.29, 1.82) is 0 Å². The average Bonchev–Trinajstić information content (AvgIpc) is 2.62. The predicted octanol–water partition coefficient (Wildman–Crippen LogP) is 2.47. The number of para-hydroxylation sites is 1. The lowest BCUT2D eigenvalue weighted by molar-refractivity contribution is -0.121. The molecule has 0 radical (unpaired) electrons. The highest BCUT2D eigenvalue weighted by Gasteiger charge is 2.09. The van der Waals surface area contributed by atoms with Gasteiger partial charge in [0.1, 0.15) is 18.1 Å². The van der Waals surface area contributed by atoms with Gasteiger partial charge in [-0.15, -0.1) is 0 Å². The van der Waals surface area contributed by atoms with Crippen molar-refractivity contribution in [2.75, 3.05) is 7.11 Å². The van der Waals surface area contributed by atoms with Crippen LogP contribution in [0.3, 0.4) is 0 Å². The van der Waals surface area contributed by atoms with Crippen LogP contribution in [0.25, 0.3) is 10.9 Å². The number of carbonyl (C=O) groups is 1. The van der Waals surface area contributed by atoms with Gasteiger partial charge in [0.15, 0.2) is 5.43 Å². The van der Waals surface area contributed by atoms with Crippen molar-refractivity contribution in [2.45, 2.75) is 13.1 Å². The van der Waals surface area contributed by atoms with E-state index in [0.717, 1.165) is 5.56 Å². The third kappa shape index (κ3) is 3.68. The molecular weight excluding hydrogens is 323 g/mol. The summed E-state index contributed by atoms with van der Waals surface area (Å²) in [5, 5.41) is 3.07. The maximum absolute atomic E-state index is 13.4. The second-order valence-corrected chi connectivity index (χ2v) is 5.56. The van der Waals surface area contributed by atoms with E-state index in [4.69, 9.17) is 4.74 Å².